The number of pyridine rings is 1. The molecule has 2 rings (SSSR count). The van der Waals surface area contributed by atoms with E-state index in [0.29, 0.717) is 12.6 Å². The van der Waals surface area contributed by atoms with Gasteiger partial charge >= 0.3 is 0 Å². The summed E-state index contributed by atoms with van der Waals surface area (Å²) in [7, 11) is 1.97. The van der Waals surface area contributed by atoms with E-state index >= 15 is 0 Å². The van der Waals surface area contributed by atoms with Crippen LogP contribution in [0.5, 0.6) is 0 Å². The zero-order chi connectivity index (χ0) is 14.6. The highest BCUT2D eigenvalue weighted by Crippen LogP contribution is 2.15. The molecule has 0 bridgehead atoms. The second kappa shape index (κ2) is 6.05. The summed E-state index contributed by atoms with van der Waals surface area (Å²) in [6, 6.07) is 4.61. The van der Waals surface area contributed by atoms with E-state index in [9.17, 15) is 0 Å². The molecule has 0 amide bonds. The molecule has 5 heteroatoms. The van der Waals surface area contributed by atoms with E-state index in [1.54, 1.807) is 18.7 Å². The summed E-state index contributed by atoms with van der Waals surface area (Å²) in [5, 5.41) is 3.39. The van der Waals surface area contributed by atoms with Gasteiger partial charge in [-0.3, -0.25) is 4.98 Å². The van der Waals surface area contributed by atoms with Gasteiger partial charge in [-0.15, -0.1) is 0 Å². The zero-order valence-electron chi connectivity index (χ0n) is 12.6. The van der Waals surface area contributed by atoms with Crippen LogP contribution in [-0.2, 0) is 13.1 Å². The van der Waals surface area contributed by atoms with Gasteiger partial charge < -0.3 is 14.6 Å². The van der Waals surface area contributed by atoms with Crippen molar-refractivity contribution in [2.75, 3.05) is 11.9 Å². The molecule has 0 unspecified atom stereocenters. The van der Waals surface area contributed by atoms with Crippen molar-refractivity contribution in [3.63, 3.8) is 0 Å². The van der Waals surface area contributed by atoms with E-state index in [1.165, 1.54) is 5.56 Å². The monoisotopic (exact) mass is 274 g/mol. The third kappa shape index (κ3) is 4.35. The van der Waals surface area contributed by atoms with Crippen molar-refractivity contribution in [1.82, 2.24) is 15.3 Å². The average Bonchev–Trinajstić information content (AvgIpc) is 2.86. The van der Waals surface area contributed by atoms with E-state index in [0.717, 1.165) is 12.2 Å². The molecule has 0 spiro atoms. The fraction of sp³-hybridized carbons (Fsp3) is 0.467. The number of aromatic nitrogens is 2. The van der Waals surface area contributed by atoms with Crippen molar-refractivity contribution in [2.45, 2.75) is 39.4 Å². The van der Waals surface area contributed by atoms with Gasteiger partial charge in [0.05, 0.1) is 5.69 Å². The van der Waals surface area contributed by atoms with Crippen molar-refractivity contribution in [3.8, 4) is 0 Å². The Morgan fingerprint density at radius 2 is 1.95 bits per heavy atom. The molecule has 2 aromatic rings. The highest BCUT2D eigenvalue weighted by molar-refractivity contribution is 5.28. The first-order valence-electron chi connectivity index (χ1n) is 6.73. The predicted molar refractivity (Wildman–Crippen MR) is 79.4 cm³/mol. The van der Waals surface area contributed by atoms with Crippen LogP contribution in [0.3, 0.4) is 0 Å². The highest BCUT2D eigenvalue weighted by atomic mass is 16.4. The molecule has 0 atom stereocenters. The molecular weight excluding hydrogens is 252 g/mol. The Kier molecular flexibility index (Phi) is 4.39. The van der Waals surface area contributed by atoms with Crippen molar-refractivity contribution in [1.29, 1.82) is 0 Å². The lowest BCUT2D eigenvalue weighted by Gasteiger charge is -2.19. The Morgan fingerprint density at radius 1 is 1.25 bits per heavy atom. The number of rotatable bonds is 5. The molecule has 0 saturated heterocycles. The second-order valence-corrected chi connectivity index (χ2v) is 5.94. The van der Waals surface area contributed by atoms with Crippen LogP contribution in [0.25, 0.3) is 0 Å². The maximum atomic E-state index is 5.52. The van der Waals surface area contributed by atoms with Crippen LogP contribution in [0.15, 0.2) is 35.2 Å². The van der Waals surface area contributed by atoms with Crippen LogP contribution in [0, 0.1) is 0 Å². The van der Waals surface area contributed by atoms with Gasteiger partial charge in [0.2, 0.25) is 0 Å². The first-order chi connectivity index (χ1) is 9.44. The van der Waals surface area contributed by atoms with Gasteiger partial charge in [0.1, 0.15) is 6.26 Å². The van der Waals surface area contributed by atoms with Gasteiger partial charge in [0.15, 0.2) is 0 Å². The Labute approximate surface area is 120 Å². The fourth-order valence-electron chi connectivity index (χ4n) is 1.74. The lowest BCUT2D eigenvalue weighted by Crippen LogP contribution is -2.35. The molecule has 0 saturated carbocycles. The second-order valence-electron chi connectivity index (χ2n) is 5.94. The third-order valence-electron chi connectivity index (χ3n) is 2.84. The quantitative estimate of drug-likeness (QED) is 0.908. The number of nitrogens with zero attached hydrogens (tertiary/aromatic N) is 3. The Hall–Kier alpha value is -1.88. The van der Waals surface area contributed by atoms with E-state index in [-0.39, 0.29) is 5.54 Å². The summed E-state index contributed by atoms with van der Waals surface area (Å²) in [5.74, 6) is 0. The van der Waals surface area contributed by atoms with Crippen LogP contribution in [0.1, 0.15) is 32.0 Å². The van der Waals surface area contributed by atoms with E-state index in [4.69, 9.17) is 4.42 Å². The highest BCUT2D eigenvalue weighted by Gasteiger charge is 2.12. The standard InChI is InChI=1S/C15H22N4O/c1-15(2,3)17-9-13-11-20-14(18-13)19(4)10-12-5-7-16-8-6-12/h5-8,11,17H,9-10H2,1-4H3. The topological polar surface area (TPSA) is 54.2 Å². The van der Waals surface area contributed by atoms with E-state index in [2.05, 4.69) is 36.1 Å². The molecule has 0 aliphatic heterocycles. The first kappa shape index (κ1) is 14.5. The van der Waals surface area contributed by atoms with Gasteiger partial charge in [-0.1, -0.05) is 0 Å². The average molecular weight is 274 g/mol. The zero-order valence-corrected chi connectivity index (χ0v) is 12.6. The van der Waals surface area contributed by atoms with Gasteiger partial charge in [-0.2, -0.15) is 4.98 Å². The maximum Gasteiger partial charge on any atom is 0.297 e. The lowest BCUT2D eigenvalue weighted by molar-refractivity contribution is 0.421. The summed E-state index contributed by atoms with van der Waals surface area (Å²) in [5.41, 5.74) is 2.16. The number of oxazole rings is 1. The third-order valence-corrected chi connectivity index (χ3v) is 2.84. The largest absolute Gasteiger partial charge is 0.432 e. The van der Waals surface area contributed by atoms with Crippen LogP contribution in [-0.4, -0.2) is 22.6 Å². The van der Waals surface area contributed by atoms with E-state index < -0.39 is 0 Å². The smallest absolute Gasteiger partial charge is 0.297 e. The summed E-state index contributed by atoms with van der Waals surface area (Å²) < 4.78 is 5.52. The molecule has 1 N–H and O–H groups in total. The fourth-order valence-corrected chi connectivity index (χ4v) is 1.74. The SMILES string of the molecule is CN(Cc1ccncc1)c1nc(CNC(C)(C)C)co1. The summed E-state index contributed by atoms with van der Waals surface area (Å²) in [6.45, 7) is 7.84. The number of nitrogens with one attached hydrogen (secondary N) is 1. The molecule has 2 aromatic heterocycles. The molecule has 0 aromatic carbocycles. The Balaban J connectivity index is 1.94. The first-order valence-corrected chi connectivity index (χ1v) is 6.73. The van der Waals surface area contributed by atoms with Crippen LogP contribution in [0.2, 0.25) is 0 Å². The summed E-state index contributed by atoms with van der Waals surface area (Å²) in [4.78, 5) is 10.5. The minimum atomic E-state index is 0.0715. The van der Waals surface area contributed by atoms with Crippen molar-refractivity contribution >= 4 is 6.01 Å². The van der Waals surface area contributed by atoms with Crippen LogP contribution < -0.4 is 10.2 Å². The molecule has 0 aliphatic rings. The summed E-state index contributed by atoms with van der Waals surface area (Å²) in [6.07, 6.45) is 5.28. The van der Waals surface area contributed by atoms with Crippen molar-refractivity contribution in [3.05, 3.63) is 42.0 Å². The minimum Gasteiger partial charge on any atom is -0.432 e. The van der Waals surface area contributed by atoms with Gasteiger partial charge in [-0.05, 0) is 38.5 Å². The lowest BCUT2D eigenvalue weighted by atomic mass is 10.1. The van der Waals surface area contributed by atoms with Crippen LogP contribution in [0.4, 0.5) is 6.01 Å². The van der Waals surface area contributed by atoms with Gasteiger partial charge in [-0.25, -0.2) is 0 Å². The molecule has 0 radical (unpaired) electrons. The van der Waals surface area contributed by atoms with Crippen molar-refractivity contribution in [2.24, 2.45) is 0 Å². The molecule has 0 aliphatic carbocycles. The Bertz CT molecular complexity index is 530. The van der Waals surface area contributed by atoms with Gasteiger partial charge in [0.25, 0.3) is 6.01 Å². The number of hydrogen-bond acceptors (Lipinski definition) is 5. The van der Waals surface area contributed by atoms with Crippen molar-refractivity contribution < 1.29 is 4.42 Å². The normalized spacial score (nSPS) is 11.6. The maximum absolute atomic E-state index is 5.52. The minimum absolute atomic E-state index is 0.0715. The Morgan fingerprint density at radius 3 is 2.60 bits per heavy atom. The van der Waals surface area contributed by atoms with Crippen LogP contribution >= 0.6 is 0 Å². The van der Waals surface area contributed by atoms with E-state index in [1.807, 2.05) is 24.1 Å². The molecular formula is C15H22N4O. The molecule has 0 fully saturated rings. The number of hydrogen-bond donors (Lipinski definition) is 1. The van der Waals surface area contributed by atoms with Gasteiger partial charge in [0, 0.05) is 38.1 Å². The predicted octanol–water partition coefficient (Wildman–Crippen LogP) is 2.59. The molecule has 2 heterocycles. The number of anilines is 1. The molecule has 108 valence electrons. The molecule has 20 heavy (non-hydrogen) atoms. The molecule has 5 nitrogen and oxygen atoms in total. The summed E-state index contributed by atoms with van der Waals surface area (Å²) >= 11 is 0.